The van der Waals surface area contributed by atoms with E-state index in [2.05, 4.69) is 0 Å². The van der Waals surface area contributed by atoms with Gasteiger partial charge >= 0.3 is 12.1 Å². The number of ether oxygens (including phenoxy) is 1. The highest BCUT2D eigenvalue weighted by Gasteiger charge is 2.46. The summed E-state index contributed by atoms with van der Waals surface area (Å²) in [6.07, 6.45) is -0.477. The van der Waals surface area contributed by atoms with Gasteiger partial charge < -0.3 is 9.84 Å². The number of carboxylic acids is 1. The molecule has 33 heavy (non-hydrogen) atoms. The summed E-state index contributed by atoms with van der Waals surface area (Å²) in [5, 5.41) is 10.4. The highest BCUT2D eigenvalue weighted by Crippen LogP contribution is 2.30. The van der Waals surface area contributed by atoms with E-state index >= 15 is 0 Å². The van der Waals surface area contributed by atoms with Gasteiger partial charge in [0.15, 0.2) is 5.78 Å². The molecular formula is C26H22ClNO5. The number of rotatable bonds is 6. The van der Waals surface area contributed by atoms with Crippen molar-refractivity contribution in [1.82, 2.24) is 4.90 Å². The number of hydrogen-bond acceptors (Lipinski definition) is 4. The summed E-state index contributed by atoms with van der Waals surface area (Å²) in [5.74, 6) is -2.36. The van der Waals surface area contributed by atoms with Crippen molar-refractivity contribution < 1.29 is 24.2 Å². The maximum Gasteiger partial charge on any atom is 0.410 e. The molecule has 1 N–H and O–H groups in total. The van der Waals surface area contributed by atoms with Gasteiger partial charge in [0.2, 0.25) is 0 Å². The molecule has 6 nitrogen and oxygen atoms in total. The van der Waals surface area contributed by atoms with Crippen LogP contribution in [-0.4, -0.2) is 40.4 Å². The monoisotopic (exact) mass is 463 g/mol. The third-order valence-electron chi connectivity index (χ3n) is 5.77. The van der Waals surface area contributed by atoms with E-state index in [1.165, 1.54) is 0 Å². The lowest BCUT2D eigenvalue weighted by Gasteiger charge is -2.23. The number of ketones is 1. The van der Waals surface area contributed by atoms with Crippen LogP contribution in [0.1, 0.15) is 22.3 Å². The van der Waals surface area contributed by atoms with Crippen LogP contribution in [0.2, 0.25) is 5.02 Å². The molecule has 4 rings (SSSR count). The van der Waals surface area contributed by atoms with Crippen LogP contribution in [0.5, 0.6) is 0 Å². The zero-order valence-electron chi connectivity index (χ0n) is 17.7. The first-order chi connectivity index (χ1) is 15.9. The predicted molar refractivity (Wildman–Crippen MR) is 124 cm³/mol. The minimum Gasteiger partial charge on any atom is -0.480 e. The molecule has 168 valence electrons. The molecule has 0 saturated carbocycles. The molecule has 0 unspecified atom stereocenters. The Hall–Kier alpha value is -3.64. The Kier molecular flexibility index (Phi) is 6.75. The molecule has 1 amide bonds. The maximum absolute atomic E-state index is 13.1. The average molecular weight is 464 g/mol. The summed E-state index contributed by atoms with van der Waals surface area (Å²) in [6, 6.07) is 22.2. The highest BCUT2D eigenvalue weighted by atomic mass is 35.5. The molecule has 0 bridgehead atoms. The van der Waals surface area contributed by atoms with Gasteiger partial charge in [-0.25, -0.2) is 9.59 Å². The molecule has 0 spiro atoms. The number of likely N-dealkylation sites (tertiary alicyclic amines) is 1. The summed E-state index contributed by atoms with van der Waals surface area (Å²) in [6.45, 7) is 0.178. The van der Waals surface area contributed by atoms with Gasteiger partial charge in [-0.1, -0.05) is 78.3 Å². The van der Waals surface area contributed by atoms with Crippen molar-refractivity contribution in [2.45, 2.75) is 19.1 Å². The standard InChI is InChI=1S/C26H22ClNO5/c27-21-12-10-19(11-13-21)18-6-8-20(9-7-18)24(29)22-14-15-28(23(22)25(30)31)26(32)33-16-17-4-2-1-3-5-17/h1-13,22-23H,14-16H2,(H,30,31)/t22-,23-/m0/s1. The number of carboxylic acid groups (broad SMARTS) is 1. The second kappa shape index (κ2) is 9.88. The molecule has 7 heteroatoms. The molecule has 0 radical (unpaired) electrons. The van der Waals surface area contributed by atoms with Gasteiger partial charge in [0, 0.05) is 17.1 Å². The van der Waals surface area contributed by atoms with Crippen molar-refractivity contribution in [3.05, 3.63) is 95.0 Å². The molecule has 1 aliphatic heterocycles. The number of carbonyl (C=O) groups is 3. The molecule has 2 atom stereocenters. The fourth-order valence-corrected chi connectivity index (χ4v) is 4.19. The molecule has 3 aromatic rings. The van der Waals surface area contributed by atoms with Crippen LogP contribution in [0.3, 0.4) is 0 Å². The molecule has 1 heterocycles. The number of aliphatic carboxylic acids is 1. The van der Waals surface area contributed by atoms with Crippen molar-refractivity contribution in [3.8, 4) is 11.1 Å². The Morgan fingerprint density at radius 2 is 1.52 bits per heavy atom. The lowest BCUT2D eigenvalue weighted by atomic mass is 9.90. The lowest BCUT2D eigenvalue weighted by Crippen LogP contribution is -2.45. The van der Waals surface area contributed by atoms with Gasteiger partial charge in [0.1, 0.15) is 12.6 Å². The molecular weight excluding hydrogens is 442 g/mol. The van der Waals surface area contributed by atoms with E-state index in [0.717, 1.165) is 21.6 Å². The second-order valence-corrected chi connectivity index (χ2v) is 8.30. The SMILES string of the molecule is O=C(c1ccc(-c2ccc(Cl)cc2)cc1)[C@H]1CCN(C(=O)OCc2ccccc2)[C@@H]1C(=O)O. The van der Waals surface area contributed by atoms with Crippen LogP contribution in [0, 0.1) is 5.92 Å². The fourth-order valence-electron chi connectivity index (χ4n) is 4.06. The third kappa shape index (κ3) is 5.07. The van der Waals surface area contributed by atoms with E-state index < -0.39 is 24.0 Å². The van der Waals surface area contributed by atoms with Crippen LogP contribution >= 0.6 is 11.6 Å². The summed E-state index contributed by atoms with van der Waals surface area (Å²) < 4.78 is 5.30. The van der Waals surface area contributed by atoms with Gasteiger partial charge in [-0.05, 0) is 35.2 Å². The van der Waals surface area contributed by atoms with Gasteiger partial charge in [-0.15, -0.1) is 0 Å². The first-order valence-electron chi connectivity index (χ1n) is 10.5. The Bertz CT molecular complexity index is 1150. The number of halogens is 1. The minimum absolute atomic E-state index is 0.0350. The molecule has 0 aliphatic carbocycles. The van der Waals surface area contributed by atoms with Crippen LogP contribution in [0.4, 0.5) is 4.79 Å². The van der Waals surface area contributed by atoms with Crippen LogP contribution in [0.25, 0.3) is 11.1 Å². The Morgan fingerprint density at radius 1 is 0.909 bits per heavy atom. The lowest BCUT2D eigenvalue weighted by molar-refractivity contribution is -0.142. The topological polar surface area (TPSA) is 83.9 Å². The Morgan fingerprint density at radius 3 is 2.12 bits per heavy atom. The minimum atomic E-state index is -1.27. The number of Topliss-reactive ketones (excluding diaryl/α,β-unsaturated/α-hetero) is 1. The van der Waals surface area contributed by atoms with E-state index in [1.54, 1.807) is 24.3 Å². The summed E-state index contributed by atoms with van der Waals surface area (Å²) in [5.41, 5.74) is 3.07. The van der Waals surface area contributed by atoms with Crippen molar-refractivity contribution in [3.63, 3.8) is 0 Å². The number of carbonyl (C=O) groups excluding carboxylic acids is 2. The van der Waals surface area contributed by atoms with E-state index in [-0.39, 0.29) is 25.4 Å². The smallest absolute Gasteiger partial charge is 0.410 e. The van der Waals surface area contributed by atoms with Crippen molar-refractivity contribution in [1.29, 1.82) is 0 Å². The van der Waals surface area contributed by atoms with Gasteiger partial charge in [0.05, 0.1) is 5.92 Å². The maximum atomic E-state index is 13.1. The third-order valence-corrected chi connectivity index (χ3v) is 6.03. The molecule has 1 saturated heterocycles. The van der Waals surface area contributed by atoms with Crippen LogP contribution in [0.15, 0.2) is 78.9 Å². The summed E-state index contributed by atoms with van der Waals surface area (Å²) in [4.78, 5) is 38.9. The highest BCUT2D eigenvalue weighted by molar-refractivity contribution is 6.30. The number of amides is 1. The first kappa shape index (κ1) is 22.6. The van der Waals surface area contributed by atoms with Gasteiger partial charge in [-0.3, -0.25) is 9.69 Å². The zero-order chi connectivity index (χ0) is 23.4. The van der Waals surface area contributed by atoms with Crippen molar-refractivity contribution in [2.24, 2.45) is 5.92 Å². The van der Waals surface area contributed by atoms with E-state index in [0.29, 0.717) is 10.6 Å². The predicted octanol–water partition coefficient (Wildman–Crippen LogP) is 5.30. The quantitative estimate of drug-likeness (QED) is 0.501. The molecule has 3 aromatic carbocycles. The normalized spacial score (nSPS) is 17.5. The first-order valence-corrected chi connectivity index (χ1v) is 10.9. The molecule has 1 aliphatic rings. The summed E-state index contributed by atoms with van der Waals surface area (Å²) >= 11 is 5.93. The van der Waals surface area contributed by atoms with Crippen LogP contribution in [-0.2, 0) is 16.1 Å². The number of benzene rings is 3. The number of hydrogen-bond donors (Lipinski definition) is 1. The zero-order valence-corrected chi connectivity index (χ0v) is 18.4. The molecule has 0 aromatic heterocycles. The van der Waals surface area contributed by atoms with E-state index in [1.807, 2.05) is 54.6 Å². The van der Waals surface area contributed by atoms with Crippen molar-refractivity contribution >= 4 is 29.4 Å². The second-order valence-electron chi connectivity index (χ2n) is 7.86. The Balaban J connectivity index is 1.46. The molecule has 1 fully saturated rings. The van der Waals surface area contributed by atoms with Crippen LogP contribution < -0.4 is 0 Å². The average Bonchev–Trinajstić information content (AvgIpc) is 3.29. The number of nitrogens with zero attached hydrogens (tertiary/aromatic N) is 1. The van der Waals surface area contributed by atoms with Gasteiger partial charge in [0.25, 0.3) is 0 Å². The van der Waals surface area contributed by atoms with E-state index in [4.69, 9.17) is 16.3 Å². The largest absolute Gasteiger partial charge is 0.480 e. The Labute approximate surface area is 196 Å². The van der Waals surface area contributed by atoms with E-state index in [9.17, 15) is 19.5 Å². The van der Waals surface area contributed by atoms with Gasteiger partial charge in [-0.2, -0.15) is 0 Å². The fraction of sp³-hybridized carbons (Fsp3) is 0.192. The summed E-state index contributed by atoms with van der Waals surface area (Å²) in [7, 11) is 0. The van der Waals surface area contributed by atoms with Crippen molar-refractivity contribution in [2.75, 3.05) is 6.54 Å².